The third kappa shape index (κ3) is 5.73. The van der Waals surface area contributed by atoms with Crippen LogP contribution in [0, 0.1) is 0 Å². The van der Waals surface area contributed by atoms with E-state index < -0.39 is 5.63 Å². The molecule has 1 heterocycles. The molecule has 31 heavy (non-hydrogen) atoms. The monoisotopic (exact) mass is 415 g/mol. The van der Waals surface area contributed by atoms with Gasteiger partial charge in [-0.15, -0.1) is 0 Å². The van der Waals surface area contributed by atoms with Gasteiger partial charge in [0.2, 0.25) is 0 Å². The van der Waals surface area contributed by atoms with Crippen LogP contribution in [0.2, 0.25) is 0 Å². The second-order valence-electron chi connectivity index (χ2n) is 6.94. The van der Waals surface area contributed by atoms with E-state index in [1.807, 2.05) is 54.6 Å². The molecule has 1 N–H and O–H groups in total. The molecule has 6 heteroatoms. The van der Waals surface area contributed by atoms with Gasteiger partial charge in [-0.3, -0.25) is 4.79 Å². The Balaban J connectivity index is 1.23. The van der Waals surface area contributed by atoms with Crippen LogP contribution >= 0.6 is 0 Å². The van der Waals surface area contributed by atoms with Crippen molar-refractivity contribution >= 4 is 16.9 Å². The number of hydrogen-bond acceptors (Lipinski definition) is 5. The van der Waals surface area contributed by atoms with E-state index in [0.29, 0.717) is 24.5 Å². The molecule has 0 aliphatic heterocycles. The van der Waals surface area contributed by atoms with Gasteiger partial charge in [-0.2, -0.15) is 0 Å². The van der Waals surface area contributed by atoms with Gasteiger partial charge in [-0.05, 0) is 41.5 Å². The number of ether oxygens (including phenoxy) is 2. The van der Waals surface area contributed by atoms with Crippen LogP contribution in [0.15, 0.2) is 94.1 Å². The fraction of sp³-hybridized carbons (Fsp3) is 0.120. The normalized spacial score (nSPS) is 10.6. The second kappa shape index (κ2) is 9.63. The standard InChI is InChI=1S/C25H21NO5/c27-24(17-30-22-12-10-20-11-13-25(28)31-23(20)14-22)26-15-18-6-8-19(9-7-18)16-29-21-4-2-1-3-5-21/h1-14H,15-17H2,(H,26,27). The number of fused-ring (bicyclic) bond motifs is 1. The lowest BCUT2D eigenvalue weighted by molar-refractivity contribution is -0.123. The van der Waals surface area contributed by atoms with Crippen LogP contribution in [0.5, 0.6) is 11.5 Å². The summed E-state index contributed by atoms with van der Waals surface area (Å²) in [5, 5.41) is 3.61. The predicted octanol–water partition coefficient (Wildman–Crippen LogP) is 4.07. The second-order valence-corrected chi connectivity index (χ2v) is 6.94. The van der Waals surface area contributed by atoms with E-state index in [1.165, 1.54) is 6.07 Å². The molecule has 0 aliphatic rings. The molecule has 1 amide bonds. The summed E-state index contributed by atoms with van der Waals surface area (Å²) >= 11 is 0. The van der Waals surface area contributed by atoms with Crippen molar-refractivity contribution in [2.75, 3.05) is 6.61 Å². The molecule has 3 aromatic carbocycles. The summed E-state index contributed by atoms with van der Waals surface area (Å²) in [5.74, 6) is 1.04. The molecular formula is C25H21NO5. The van der Waals surface area contributed by atoms with Crippen LogP contribution in [0.25, 0.3) is 11.0 Å². The van der Waals surface area contributed by atoms with Gasteiger partial charge < -0.3 is 19.2 Å². The highest BCUT2D eigenvalue weighted by atomic mass is 16.5. The maximum Gasteiger partial charge on any atom is 0.336 e. The highest BCUT2D eigenvalue weighted by Gasteiger charge is 2.05. The first-order valence-electron chi connectivity index (χ1n) is 9.85. The predicted molar refractivity (Wildman–Crippen MR) is 117 cm³/mol. The first-order chi connectivity index (χ1) is 15.2. The van der Waals surface area contributed by atoms with Gasteiger partial charge in [0.1, 0.15) is 23.7 Å². The van der Waals surface area contributed by atoms with Crippen LogP contribution in [-0.4, -0.2) is 12.5 Å². The van der Waals surface area contributed by atoms with Crippen molar-refractivity contribution in [3.05, 3.63) is 106 Å². The Morgan fingerprint density at radius 1 is 0.806 bits per heavy atom. The summed E-state index contributed by atoms with van der Waals surface area (Å²) in [6.07, 6.45) is 0. The highest BCUT2D eigenvalue weighted by molar-refractivity contribution is 5.79. The molecule has 0 aliphatic carbocycles. The van der Waals surface area contributed by atoms with Gasteiger partial charge in [0.15, 0.2) is 6.61 Å². The van der Waals surface area contributed by atoms with Gasteiger partial charge in [-0.25, -0.2) is 4.79 Å². The molecule has 6 nitrogen and oxygen atoms in total. The van der Waals surface area contributed by atoms with Crippen LogP contribution in [0.3, 0.4) is 0 Å². The Morgan fingerprint density at radius 2 is 1.55 bits per heavy atom. The molecule has 1 aromatic heterocycles. The first-order valence-corrected chi connectivity index (χ1v) is 9.85. The fourth-order valence-electron chi connectivity index (χ4n) is 2.97. The van der Waals surface area contributed by atoms with Crippen LogP contribution in [0.4, 0.5) is 0 Å². The number of hydrogen-bond donors (Lipinski definition) is 1. The topological polar surface area (TPSA) is 77.8 Å². The van der Waals surface area contributed by atoms with Crippen molar-refractivity contribution in [3.63, 3.8) is 0 Å². The lowest BCUT2D eigenvalue weighted by Gasteiger charge is -2.09. The number of carbonyl (C=O) groups excluding carboxylic acids is 1. The van der Waals surface area contributed by atoms with Crippen molar-refractivity contribution in [3.8, 4) is 11.5 Å². The van der Waals surface area contributed by atoms with Crippen molar-refractivity contribution < 1.29 is 18.7 Å². The Bertz CT molecular complexity index is 1220. The molecule has 0 unspecified atom stereocenters. The summed E-state index contributed by atoms with van der Waals surface area (Å²) < 4.78 is 16.4. The van der Waals surface area contributed by atoms with Crippen LogP contribution < -0.4 is 20.4 Å². The number of nitrogens with one attached hydrogen (secondary N) is 1. The molecule has 0 bridgehead atoms. The minimum Gasteiger partial charge on any atom is -0.489 e. The minimum absolute atomic E-state index is 0.133. The zero-order chi connectivity index (χ0) is 21.5. The van der Waals surface area contributed by atoms with Gasteiger partial charge >= 0.3 is 5.63 Å². The van der Waals surface area contributed by atoms with Crippen molar-refractivity contribution in [1.29, 1.82) is 0 Å². The number of para-hydroxylation sites is 1. The molecule has 156 valence electrons. The van der Waals surface area contributed by atoms with E-state index in [0.717, 1.165) is 22.3 Å². The SMILES string of the molecule is O=C(COc1ccc2ccc(=O)oc2c1)NCc1ccc(COc2ccccc2)cc1. The van der Waals surface area contributed by atoms with Gasteiger partial charge in [0.05, 0.1) is 0 Å². The van der Waals surface area contributed by atoms with Gasteiger partial charge in [0, 0.05) is 24.1 Å². The smallest absolute Gasteiger partial charge is 0.336 e. The summed E-state index contributed by atoms with van der Waals surface area (Å²) in [4.78, 5) is 23.4. The third-order valence-corrected chi connectivity index (χ3v) is 4.63. The molecule has 0 saturated heterocycles. The summed E-state index contributed by atoms with van der Waals surface area (Å²) in [6, 6.07) is 25.6. The van der Waals surface area contributed by atoms with Crippen molar-refractivity contribution in [2.45, 2.75) is 13.2 Å². The Labute approximate surface area is 179 Å². The Morgan fingerprint density at radius 3 is 2.35 bits per heavy atom. The van der Waals surface area contributed by atoms with Gasteiger partial charge in [0.25, 0.3) is 5.91 Å². The number of carbonyl (C=O) groups is 1. The molecule has 0 radical (unpaired) electrons. The molecule has 0 spiro atoms. The van der Waals surface area contributed by atoms with Crippen molar-refractivity contribution in [2.24, 2.45) is 0 Å². The Kier molecular flexibility index (Phi) is 6.28. The summed E-state index contributed by atoms with van der Waals surface area (Å²) in [7, 11) is 0. The molecule has 4 rings (SSSR count). The van der Waals surface area contributed by atoms with Gasteiger partial charge in [-0.1, -0.05) is 42.5 Å². The van der Waals surface area contributed by atoms with Crippen LogP contribution in [-0.2, 0) is 17.9 Å². The average Bonchev–Trinajstić information content (AvgIpc) is 2.81. The highest BCUT2D eigenvalue weighted by Crippen LogP contribution is 2.19. The first kappa shape index (κ1) is 20.2. The quantitative estimate of drug-likeness (QED) is 0.439. The van der Waals surface area contributed by atoms with Crippen LogP contribution in [0.1, 0.15) is 11.1 Å². The molecule has 4 aromatic rings. The molecule has 0 saturated carbocycles. The lowest BCUT2D eigenvalue weighted by atomic mass is 10.1. The van der Waals surface area contributed by atoms with E-state index in [2.05, 4.69) is 5.32 Å². The van der Waals surface area contributed by atoms with E-state index in [1.54, 1.807) is 24.3 Å². The van der Waals surface area contributed by atoms with E-state index >= 15 is 0 Å². The summed E-state index contributed by atoms with van der Waals surface area (Å²) in [6.45, 7) is 0.747. The zero-order valence-electron chi connectivity index (χ0n) is 16.7. The van der Waals surface area contributed by atoms with E-state index in [4.69, 9.17) is 13.9 Å². The fourth-order valence-corrected chi connectivity index (χ4v) is 2.97. The average molecular weight is 415 g/mol. The minimum atomic E-state index is -0.431. The van der Waals surface area contributed by atoms with E-state index in [-0.39, 0.29) is 12.5 Å². The summed E-state index contributed by atoms with van der Waals surface area (Å²) in [5.41, 5.74) is 2.01. The number of amides is 1. The van der Waals surface area contributed by atoms with Crippen molar-refractivity contribution in [1.82, 2.24) is 5.32 Å². The number of benzene rings is 3. The zero-order valence-corrected chi connectivity index (χ0v) is 16.7. The van der Waals surface area contributed by atoms with E-state index in [9.17, 15) is 9.59 Å². The molecule has 0 fully saturated rings. The lowest BCUT2D eigenvalue weighted by Crippen LogP contribution is -2.28. The third-order valence-electron chi connectivity index (χ3n) is 4.63. The Hall–Kier alpha value is -4.06. The maximum atomic E-state index is 12.1. The molecule has 0 atom stereocenters. The number of rotatable bonds is 8. The molecular weight excluding hydrogens is 394 g/mol. The largest absolute Gasteiger partial charge is 0.489 e. The maximum absolute atomic E-state index is 12.1.